The first kappa shape index (κ1) is 23.0. The van der Waals surface area contributed by atoms with Gasteiger partial charge in [0.2, 0.25) is 0 Å². The van der Waals surface area contributed by atoms with Gasteiger partial charge in [-0.2, -0.15) is 0 Å². The van der Waals surface area contributed by atoms with E-state index in [1.807, 2.05) is 43.3 Å². The third-order valence-electron chi connectivity index (χ3n) is 7.30. The Labute approximate surface area is 216 Å². The predicted molar refractivity (Wildman–Crippen MR) is 147 cm³/mol. The van der Waals surface area contributed by atoms with E-state index in [0.29, 0.717) is 18.4 Å². The second kappa shape index (κ2) is 9.58. The van der Waals surface area contributed by atoms with E-state index < -0.39 is 0 Å². The number of thiazole rings is 1. The number of carbonyl (C=O) groups is 1. The molecule has 1 aromatic heterocycles. The van der Waals surface area contributed by atoms with Crippen molar-refractivity contribution < 1.29 is 9.53 Å². The summed E-state index contributed by atoms with van der Waals surface area (Å²) in [6.45, 7) is 8.19. The van der Waals surface area contributed by atoms with Gasteiger partial charge in [-0.1, -0.05) is 53.3 Å². The van der Waals surface area contributed by atoms with Crippen LogP contribution in [-0.2, 0) is 0 Å². The maximum absolute atomic E-state index is 13.9. The van der Waals surface area contributed by atoms with Crippen LogP contribution in [0, 0.1) is 18.8 Å². The number of piperidine rings is 2. The maximum atomic E-state index is 13.9. The highest BCUT2D eigenvalue weighted by molar-refractivity contribution is 7.22. The van der Waals surface area contributed by atoms with Crippen molar-refractivity contribution >= 4 is 32.6 Å². The van der Waals surface area contributed by atoms with Gasteiger partial charge in [0.05, 0.1) is 16.8 Å². The second-order valence-electron chi connectivity index (χ2n) is 10.1. The largest absolute Gasteiger partial charge is 0.494 e. The summed E-state index contributed by atoms with van der Waals surface area (Å²) in [6.07, 6.45) is 1.19. The molecule has 5 nitrogen and oxygen atoms in total. The summed E-state index contributed by atoms with van der Waals surface area (Å²) in [5.41, 5.74) is 5.00. The summed E-state index contributed by atoms with van der Waals surface area (Å²) in [6, 6.07) is 22.6. The van der Waals surface area contributed by atoms with Crippen molar-refractivity contribution in [1.82, 2.24) is 9.88 Å². The minimum atomic E-state index is 0.144. The number of likely N-dealkylation sites (tertiary alicyclic amines) is 1. The minimum Gasteiger partial charge on any atom is -0.494 e. The number of hydrogen-bond acceptors (Lipinski definition) is 5. The van der Waals surface area contributed by atoms with Gasteiger partial charge in [-0.3, -0.25) is 4.79 Å². The Morgan fingerprint density at radius 3 is 2.47 bits per heavy atom. The summed E-state index contributed by atoms with van der Waals surface area (Å²) >= 11 is 1.78. The fourth-order valence-electron chi connectivity index (χ4n) is 5.75. The number of aryl methyl sites for hydroxylation is 1. The number of nitrogens with zero attached hydrogens (tertiary/aromatic N) is 3. The van der Waals surface area contributed by atoms with Crippen molar-refractivity contribution in [2.24, 2.45) is 11.8 Å². The van der Waals surface area contributed by atoms with Gasteiger partial charge >= 0.3 is 0 Å². The van der Waals surface area contributed by atoms with Gasteiger partial charge in [0.15, 0.2) is 5.13 Å². The number of benzene rings is 3. The molecular weight excluding hydrogens is 466 g/mol. The molecular formula is C30H31N3O2S. The number of anilines is 1. The molecule has 4 aromatic rings. The average Bonchev–Trinajstić information content (AvgIpc) is 3.33. The molecule has 0 aliphatic carbocycles. The van der Waals surface area contributed by atoms with Crippen LogP contribution in [0.15, 0.2) is 66.7 Å². The van der Waals surface area contributed by atoms with Gasteiger partial charge in [0, 0.05) is 31.7 Å². The van der Waals surface area contributed by atoms with Crippen LogP contribution in [0.3, 0.4) is 0 Å². The lowest BCUT2D eigenvalue weighted by molar-refractivity contribution is 0.0565. The molecule has 3 heterocycles. The molecule has 0 N–H and O–H groups in total. The van der Waals surface area contributed by atoms with Crippen LogP contribution < -0.4 is 9.64 Å². The fourth-order valence-corrected chi connectivity index (χ4v) is 6.74. The summed E-state index contributed by atoms with van der Waals surface area (Å²) in [4.78, 5) is 23.3. The van der Waals surface area contributed by atoms with Gasteiger partial charge in [-0.15, -0.1) is 0 Å². The van der Waals surface area contributed by atoms with E-state index in [4.69, 9.17) is 9.72 Å². The van der Waals surface area contributed by atoms with Crippen molar-refractivity contribution in [2.75, 3.05) is 37.7 Å². The van der Waals surface area contributed by atoms with E-state index in [2.05, 4.69) is 47.1 Å². The zero-order chi connectivity index (χ0) is 24.6. The molecule has 6 rings (SSSR count). The number of amides is 1. The Hall–Kier alpha value is -3.38. The van der Waals surface area contributed by atoms with Gasteiger partial charge in [-0.05, 0) is 73.6 Å². The molecule has 2 bridgehead atoms. The van der Waals surface area contributed by atoms with Crippen LogP contribution in [-0.4, -0.2) is 48.6 Å². The number of carbonyl (C=O) groups excluding carboxylic acids is 1. The molecule has 1 amide bonds. The van der Waals surface area contributed by atoms with Crippen molar-refractivity contribution in [2.45, 2.75) is 20.3 Å². The summed E-state index contributed by atoms with van der Waals surface area (Å²) in [5.74, 6) is 1.92. The van der Waals surface area contributed by atoms with E-state index in [9.17, 15) is 4.79 Å². The van der Waals surface area contributed by atoms with E-state index in [-0.39, 0.29) is 5.91 Å². The van der Waals surface area contributed by atoms with Crippen molar-refractivity contribution in [3.63, 3.8) is 0 Å². The molecule has 184 valence electrons. The molecule has 0 saturated carbocycles. The molecule has 36 heavy (non-hydrogen) atoms. The lowest BCUT2D eigenvalue weighted by Gasteiger charge is -2.46. The highest BCUT2D eigenvalue weighted by atomic mass is 32.1. The molecule has 2 fully saturated rings. The number of fused-ring (bicyclic) bond motifs is 3. The average molecular weight is 498 g/mol. The van der Waals surface area contributed by atoms with E-state index in [0.717, 1.165) is 64.8 Å². The van der Waals surface area contributed by atoms with Gasteiger partial charge < -0.3 is 14.5 Å². The number of para-hydroxylation sites is 1. The Morgan fingerprint density at radius 2 is 1.75 bits per heavy atom. The molecule has 2 saturated heterocycles. The van der Waals surface area contributed by atoms with Crippen molar-refractivity contribution in [1.29, 1.82) is 0 Å². The van der Waals surface area contributed by atoms with Crippen molar-refractivity contribution in [3.8, 4) is 16.9 Å². The zero-order valence-corrected chi connectivity index (χ0v) is 21.6. The van der Waals surface area contributed by atoms with Gasteiger partial charge in [0.25, 0.3) is 5.91 Å². The van der Waals surface area contributed by atoms with Gasteiger partial charge in [-0.25, -0.2) is 4.98 Å². The van der Waals surface area contributed by atoms with Crippen LogP contribution >= 0.6 is 11.3 Å². The smallest absolute Gasteiger partial charge is 0.254 e. The highest BCUT2D eigenvalue weighted by Crippen LogP contribution is 2.36. The first-order valence-corrected chi connectivity index (χ1v) is 13.6. The van der Waals surface area contributed by atoms with Gasteiger partial charge in [0.1, 0.15) is 5.75 Å². The second-order valence-corrected chi connectivity index (χ2v) is 11.1. The zero-order valence-electron chi connectivity index (χ0n) is 20.8. The third-order valence-corrected chi connectivity index (χ3v) is 8.40. The van der Waals surface area contributed by atoms with E-state index >= 15 is 0 Å². The van der Waals surface area contributed by atoms with Crippen LogP contribution in [0.25, 0.3) is 21.3 Å². The SMILES string of the molecule is CCOc1ccc(-c2ccc(C)cc2C(=O)N2CC3CC(C2)CN(c2nc4ccccc4s2)C3)cc1. The molecule has 6 heteroatoms. The Bertz CT molecular complexity index is 1350. The number of aromatic nitrogens is 1. The topological polar surface area (TPSA) is 45.7 Å². The van der Waals surface area contributed by atoms with E-state index in [1.165, 1.54) is 11.1 Å². The Kier molecular flexibility index (Phi) is 6.13. The molecule has 3 aromatic carbocycles. The molecule has 2 atom stereocenters. The standard InChI is InChI=1S/C30H31N3O2S/c1-3-35-24-11-9-23(10-12-24)25-13-8-20(2)14-26(25)29(34)32-16-21-15-22(17-32)19-33(18-21)30-31-27-6-4-5-7-28(27)36-30/h4-14,21-22H,3,15-19H2,1-2H3. The first-order valence-electron chi connectivity index (χ1n) is 12.8. The molecule has 0 radical (unpaired) electrons. The van der Waals surface area contributed by atoms with Crippen LogP contribution in [0.1, 0.15) is 29.3 Å². The van der Waals surface area contributed by atoms with Crippen molar-refractivity contribution in [3.05, 3.63) is 77.9 Å². The third kappa shape index (κ3) is 4.46. The monoisotopic (exact) mass is 497 g/mol. The highest BCUT2D eigenvalue weighted by Gasteiger charge is 2.37. The first-order chi connectivity index (χ1) is 17.6. The number of rotatable bonds is 5. The summed E-state index contributed by atoms with van der Waals surface area (Å²) in [5, 5.41) is 1.11. The minimum absolute atomic E-state index is 0.144. The number of ether oxygens (including phenoxy) is 1. The normalized spacial score (nSPS) is 19.5. The van der Waals surface area contributed by atoms with Crippen LogP contribution in [0.2, 0.25) is 0 Å². The summed E-state index contributed by atoms with van der Waals surface area (Å²) < 4.78 is 6.84. The molecule has 0 spiro atoms. The van der Waals surface area contributed by atoms with E-state index in [1.54, 1.807) is 11.3 Å². The quantitative estimate of drug-likeness (QED) is 0.326. The van der Waals surface area contributed by atoms with Crippen LogP contribution in [0.4, 0.5) is 5.13 Å². The molecule has 2 unspecified atom stereocenters. The molecule has 2 aliphatic rings. The fraction of sp³-hybridized carbons (Fsp3) is 0.333. The summed E-state index contributed by atoms with van der Waals surface area (Å²) in [7, 11) is 0. The number of hydrogen-bond donors (Lipinski definition) is 0. The lowest BCUT2D eigenvalue weighted by atomic mass is 9.84. The lowest BCUT2D eigenvalue weighted by Crippen LogP contribution is -2.54. The Balaban J connectivity index is 1.22. The predicted octanol–water partition coefficient (Wildman–Crippen LogP) is 6.27. The maximum Gasteiger partial charge on any atom is 0.254 e. The Morgan fingerprint density at radius 1 is 1.00 bits per heavy atom. The van der Waals surface area contributed by atoms with Crippen LogP contribution in [0.5, 0.6) is 5.75 Å². The molecule has 2 aliphatic heterocycles.